The second-order valence-corrected chi connectivity index (χ2v) is 6.53. The molecule has 0 saturated heterocycles. The molecular weight excluding hydrogens is 302 g/mol. The average molecular weight is 331 g/mol. The first-order valence-electron chi connectivity index (χ1n) is 8.88. The van der Waals surface area contributed by atoms with Crippen LogP contribution in [-0.4, -0.2) is 53.1 Å². The monoisotopic (exact) mass is 331 g/mol. The fourth-order valence-corrected chi connectivity index (χ4v) is 3.53. The summed E-state index contributed by atoms with van der Waals surface area (Å²) in [6.07, 6.45) is 4.87. The summed E-state index contributed by atoms with van der Waals surface area (Å²) in [6.45, 7) is 1.60. The largest absolute Gasteiger partial charge is 0.395 e. The van der Waals surface area contributed by atoms with Gasteiger partial charge >= 0.3 is 0 Å². The smallest absolute Gasteiger partial charge is 0.103 e. The van der Waals surface area contributed by atoms with Crippen molar-refractivity contribution in [3.63, 3.8) is 0 Å². The van der Waals surface area contributed by atoms with Crippen LogP contribution >= 0.6 is 0 Å². The van der Waals surface area contributed by atoms with Crippen molar-refractivity contribution >= 4 is 0 Å². The third-order valence-electron chi connectivity index (χ3n) is 4.92. The van der Waals surface area contributed by atoms with Crippen LogP contribution in [0.15, 0.2) is 30.3 Å². The van der Waals surface area contributed by atoms with Gasteiger partial charge in [0, 0.05) is 19.5 Å². The molecule has 1 aliphatic carbocycles. The molecule has 1 saturated carbocycles. The molecule has 0 amide bonds. The zero-order valence-electron chi connectivity index (χ0n) is 14.3. The van der Waals surface area contributed by atoms with Crippen molar-refractivity contribution < 1.29 is 15.3 Å². The topological polar surface area (TPSA) is 63.9 Å². The Labute approximate surface area is 145 Å². The molecule has 1 aromatic rings. The van der Waals surface area contributed by atoms with E-state index in [4.69, 9.17) is 10.2 Å². The summed E-state index contributed by atoms with van der Waals surface area (Å²) in [4.78, 5) is 1.91. The highest BCUT2D eigenvalue weighted by atomic mass is 16.3. The lowest BCUT2D eigenvalue weighted by Gasteiger charge is -2.33. The van der Waals surface area contributed by atoms with E-state index in [1.54, 1.807) is 0 Å². The summed E-state index contributed by atoms with van der Waals surface area (Å²) in [6, 6.07) is 9.87. The van der Waals surface area contributed by atoms with E-state index in [0.29, 0.717) is 26.1 Å². The molecule has 0 bridgehead atoms. The Hall–Kier alpha value is -1.38. The van der Waals surface area contributed by atoms with E-state index in [1.165, 1.54) is 12.8 Å². The second-order valence-electron chi connectivity index (χ2n) is 6.53. The summed E-state index contributed by atoms with van der Waals surface area (Å²) in [5.74, 6) is 6.51. The number of rotatable bonds is 8. The van der Waals surface area contributed by atoms with Crippen LogP contribution in [-0.2, 0) is 5.60 Å². The minimum atomic E-state index is -0.885. The van der Waals surface area contributed by atoms with Crippen LogP contribution in [0.25, 0.3) is 0 Å². The summed E-state index contributed by atoms with van der Waals surface area (Å²) >= 11 is 0. The highest BCUT2D eigenvalue weighted by Gasteiger charge is 2.39. The highest BCUT2D eigenvalue weighted by Crippen LogP contribution is 2.42. The molecular formula is C20H29NO3. The summed E-state index contributed by atoms with van der Waals surface area (Å²) < 4.78 is 0. The minimum absolute atomic E-state index is 0.0533. The molecule has 3 N–H and O–H groups in total. The average Bonchev–Trinajstić information content (AvgIpc) is 3.15. The Morgan fingerprint density at radius 3 is 2.21 bits per heavy atom. The van der Waals surface area contributed by atoms with Gasteiger partial charge in [-0.2, -0.15) is 0 Å². The maximum Gasteiger partial charge on any atom is 0.103 e. The number of aliphatic hydroxyl groups excluding tert-OH is 2. The van der Waals surface area contributed by atoms with Gasteiger partial charge in [0.2, 0.25) is 0 Å². The first kappa shape index (κ1) is 19.0. The number of aliphatic hydroxyl groups is 3. The van der Waals surface area contributed by atoms with Crippen molar-refractivity contribution in [1.82, 2.24) is 4.90 Å². The SMILES string of the molecule is OCCN(CC#CC[C@](O)(c1ccccc1)C1CCCC1)CCO. The molecule has 132 valence electrons. The zero-order valence-corrected chi connectivity index (χ0v) is 14.3. The van der Waals surface area contributed by atoms with Crippen molar-refractivity contribution in [2.75, 3.05) is 32.8 Å². The van der Waals surface area contributed by atoms with Crippen molar-refractivity contribution in [3.8, 4) is 11.8 Å². The van der Waals surface area contributed by atoms with Crippen LogP contribution in [0.1, 0.15) is 37.7 Å². The predicted molar refractivity (Wildman–Crippen MR) is 95.3 cm³/mol. The number of benzene rings is 1. The van der Waals surface area contributed by atoms with Crippen LogP contribution in [0, 0.1) is 17.8 Å². The van der Waals surface area contributed by atoms with Gasteiger partial charge in [-0.15, -0.1) is 0 Å². The predicted octanol–water partition coefficient (Wildman–Crippen LogP) is 1.74. The minimum Gasteiger partial charge on any atom is -0.395 e. The maximum absolute atomic E-state index is 11.4. The quantitative estimate of drug-likeness (QED) is 0.635. The van der Waals surface area contributed by atoms with Crippen LogP contribution in [0.3, 0.4) is 0 Å². The van der Waals surface area contributed by atoms with Gasteiger partial charge in [0.25, 0.3) is 0 Å². The number of nitrogens with zero attached hydrogens (tertiary/aromatic N) is 1. The third kappa shape index (κ3) is 5.06. The van der Waals surface area contributed by atoms with Crippen molar-refractivity contribution in [3.05, 3.63) is 35.9 Å². The molecule has 1 fully saturated rings. The third-order valence-corrected chi connectivity index (χ3v) is 4.92. The molecule has 4 nitrogen and oxygen atoms in total. The van der Waals surface area contributed by atoms with E-state index in [2.05, 4.69) is 11.8 Å². The Bertz CT molecular complexity index is 525. The van der Waals surface area contributed by atoms with Gasteiger partial charge < -0.3 is 15.3 Å². The molecule has 0 aliphatic heterocycles. The van der Waals surface area contributed by atoms with Gasteiger partial charge in [-0.3, -0.25) is 4.90 Å². The molecule has 24 heavy (non-hydrogen) atoms. The van der Waals surface area contributed by atoms with E-state index in [0.717, 1.165) is 18.4 Å². The van der Waals surface area contributed by atoms with Gasteiger partial charge in [-0.05, 0) is 24.3 Å². The molecule has 0 aromatic heterocycles. The maximum atomic E-state index is 11.4. The van der Waals surface area contributed by atoms with E-state index in [-0.39, 0.29) is 19.1 Å². The molecule has 1 atom stereocenters. The van der Waals surface area contributed by atoms with Crippen LogP contribution in [0.5, 0.6) is 0 Å². The molecule has 0 radical (unpaired) electrons. The van der Waals surface area contributed by atoms with Gasteiger partial charge in [0.05, 0.1) is 19.8 Å². The molecule has 1 aliphatic rings. The van der Waals surface area contributed by atoms with Gasteiger partial charge in [-0.1, -0.05) is 55.0 Å². The summed E-state index contributed by atoms with van der Waals surface area (Å²) in [7, 11) is 0. The van der Waals surface area contributed by atoms with Gasteiger partial charge in [0.15, 0.2) is 0 Å². The van der Waals surface area contributed by atoms with E-state index in [1.807, 2.05) is 35.2 Å². The van der Waals surface area contributed by atoms with E-state index < -0.39 is 5.60 Å². The summed E-state index contributed by atoms with van der Waals surface area (Å²) in [5.41, 5.74) is 0.0672. The first-order chi connectivity index (χ1) is 11.7. The lowest BCUT2D eigenvalue weighted by Crippen LogP contribution is -2.33. The molecule has 4 heteroatoms. The zero-order chi connectivity index (χ0) is 17.3. The first-order valence-corrected chi connectivity index (χ1v) is 8.88. The second kappa shape index (κ2) is 9.80. The van der Waals surface area contributed by atoms with Crippen LogP contribution in [0.4, 0.5) is 0 Å². The highest BCUT2D eigenvalue weighted by molar-refractivity contribution is 5.26. The van der Waals surface area contributed by atoms with Crippen LogP contribution < -0.4 is 0 Å². The Kier molecular flexibility index (Phi) is 7.74. The van der Waals surface area contributed by atoms with Crippen molar-refractivity contribution in [2.24, 2.45) is 5.92 Å². The Morgan fingerprint density at radius 2 is 1.62 bits per heavy atom. The lowest BCUT2D eigenvalue weighted by molar-refractivity contribution is -0.0173. The summed E-state index contributed by atoms with van der Waals surface area (Å²) in [5, 5.41) is 29.4. The van der Waals surface area contributed by atoms with Crippen molar-refractivity contribution in [1.29, 1.82) is 0 Å². The fraction of sp³-hybridized carbons (Fsp3) is 0.600. The van der Waals surface area contributed by atoms with Crippen LogP contribution in [0.2, 0.25) is 0 Å². The number of hydrogen-bond donors (Lipinski definition) is 3. The Balaban J connectivity index is 2.05. The molecule has 0 unspecified atom stereocenters. The molecule has 0 heterocycles. The lowest BCUT2D eigenvalue weighted by atomic mass is 9.78. The molecule has 2 rings (SSSR count). The van der Waals surface area contributed by atoms with Crippen molar-refractivity contribution in [2.45, 2.75) is 37.7 Å². The standard InChI is InChI=1S/C20H29NO3/c22-16-14-21(15-17-23)13-7-6-12-20(24,19-10-4-5-11-19)18-8-2-1-3-9-18/h1-3,8-9,19,22-24H,4-5,10-17H2/t20-/m0/s1. The number of hydrogen-bond acceptors (Lipinski definition) is 4. The van der Waals surface area contributed by atoms with Gasteiger partial charge in [-0.25, -0.2) is 0 Å². The normalized spacial score (nSPS) is 17.5. The Morgan fingerprint density at radius 1 is 1.00 bits per heavy atom. The molecule has 0 spiro atoms. The fourth-order valence-electron chi connectivity index (χ4n) is 3.53. The van der Waals surface area contributed by atoms with Gasteiger partial charge in [0.1, 0.15) is 5.60 Å². The van der Waals surface area contributed by atoms with E-state index >= 15 is 0 Å². The molecule has 1 aromatic carbocycles. The van der Waals surface area contributed by atoms with E-state index in [9.17, 15) is 5.11 Å².